The zero-order valence-corrected chi connectivity index (χ0v) is 15.0. The van der Waals surface area contributed by atoms with Gasteiger partial charge in [0, 0.05) is 38.8 Å². The summed E-state index contributed by atoms with van der Waals surface area (Å²) in [5, 5.41) is 0. The smallest absolute Gasteiger partial charge is 0.231 e. The number of hydrogen-bond acceptors (Lipinski definition) is 7. The predicted octanol–water partition coefficient (Wildman–Crippen LogP) is 1.08. The maximum atomic E-state index is 5.62. The quantitative estimate of drug-likeness (QED) is 0.821. The molecule has 0 radical (unpaired) electrons. The number of morpholine rings is 1. The normalized spacial score (nSPS) is 25.1. The Labute approximate surface area is 144 Å². The van der Waals surface area contributed by atoms with Crippen molar-refractivity contribution in [3.05, 3.63) is 5.82 Å². The van der Waals surface area contributed by atoms with Crippen molar-refractivity contribution in [3.8, 4) is 0 Å². The maximum absolute atomic E-state index is 5.62. The van der Waals surface area contributed by atoms with E-state index in [-0.39, 0.29) is 5.54 Å². The Kier molecular flexibility index (Phi) is 4.08. The summed E-state index contributed by atoms with van der Waals surface area (Å²) in [5.41, 5.74) is -0.0893. The van der Waals surface area contributed by atoms with Gasteiger partial charge in [-0.05, 0) is 33.6 Å². The SMILES string of the molecule is Cc1nc(N2CCN(C3CC3)CC2)nc(N2CCOCC2(C)C)n1. The largest absolute Gasteiger partial charge is 0.377 e. The van der Waals surface area contributed by atoms with Crippen molar-refractivity contribution in [2.75, 3.05) is 55.7 Å². The molecular formula is C17H28N6O. The first-order valence-electron chi connectivity index (χ1n) is 9.10. The van der Waals surface area contributed by atoms with E-state index >= 15 is 0 Å². The molecular weight excluding hydrogens is 304 g/mol. The van der Waals surface area contributed by atoms with Crippen molar-refractivity contribution in [1.82, 2.24) is 19.9 Å². The highest BCUT2D eigenvalue weighted by Gasteiger charge is 2.34. The summed E-state index contributed by atoms with van der Waals surface area (Å²) in [5.74, 6) is 2.41. The van der Waals surface area contributed by atoms with Crippen LogP contribution in [0.3, 0.4) is 0 Å². The van der Waals surface area contributed by atoms with Crippen LogP contribution in [0.4, 0.5) is 11.9 Å². The zero-order valence-electron chi connectivity index (χ0n) is 15.0. The van der Waals surface area contributed by atoms with Gasteiger partial charge in [0.15, 0.2) is 0 Å². The summed E-state index contributed by atoms with van der Waals surface area (Å²) in [4.78, 5) is 21.2. The summed E-state index contributed by atoms with van der Waals surface area (Å²) in [6.07, 6.45) is 2.75. The summed E-state index contributed by atoms with van der Waals surface area (Å²) >= 11 is 0. The van der Waals surface area contributed by atoms with Crippen LogP contribution in [0.25, 0.3) is 0 Å². The van der Waals surface area contributed by atoms with Gasteiger partial charge in [-0.25, -0.2) is 0 Å². The Morgan fingerprint density at radius 1 is 0.958 bits per heavy atom. The molecule has 2 aliphatic heterocycles. The lowest BCUT2D eigenvalue weighted by molar-refractivity contribution is 0.0633. The molecule has 132 valence electrons. The maximum Gasteiger partial charge on any atom is 0.231 e. The molecule has 2 saturated heterocycles. The Balaban J connectivity index is 1.53. The number of ether oxygens (including phenoxy) is 1. The molecule has 1 saturated carbocycles. The molecule has 0 aromatic carbocycles. The molecule has 7 nitrogen and oxygen atoms in total. The third-order valence-electron chi connectivity index (χ3n) is 5.27. The van der Waals surface area contributed by atoms with E-state index in [0.29, 0.717) is 6.61 Å². The monoisotopic (exact) mass is 332 g/mol. The standard InChI is InChI=1S/C17H28N6O/c1-13-18-15(22-8-6-21(7-9-22)14-4-5-14)20-16(19-13)23-10-11-24-12-17(23,2)3/h14H,4-12H2,1-3H3. The molecule has 3 aliphatic rings. The summed E-state index contributed by atoms with van der Waals surface area (Å²) in [7, 11) is 0. The minimum Gasteiger partial charge on any atom is -0.377 e. The first-order chi connectivity index (χ1) is 11.5. The fourth-order valence-electron chi connectivity index (χ4n) is 3.67. The van der Waals surface area contributed by atoms with E-state index in [1.54, 1.807) is 0 Å². The van der Waals surface area contributed by atoms with Gasteiger partial charge < -0.3 is 14.5 Å². The Morgan fingerprint density at radius 2 is 1.67 bits per heavy atom. The van der Waals surface area contributed by atoms with Crippen LogP contribution in [0.2, 0.25) is 0 Å². The fraction of sp³-hybridized carbons (Fsp3) is 0.824. The first-order valence-corrected chi connectivity index (χ1v) is 9.10. The summed E-state index contributed by atoms with van der Waals surface area (Å²) in [6.45, 7) is 12.8. The van der Waals surface area contributed by atoms with Gasteiger partial charge in [-0.3, -0.25) is 4.90 Å². The molecule has 0 unspecified atom stereocenters. The van der Waals surface area contributed by atoms with Gasteiger partial charge in [0.25, 0.3) is 0 Å². The molecule has 24 heavy (non-hydrogen) atoms. The minimum absolute atomic E-state index is 0.0893. The molecule has 0 spiro atoms. The number of rotatable bonds is 3. The molecule has 7 heteroatoms. The highest BCUT2D eigenvalue weighted by Crippen LogP contribution is 2.29. The van der Waals surface area contributed by atoms with E-state index in [9.17, 15) is 0 Å². The first kappa shape index (κ1) is 16.0. The van der Waals surface area contributed by atoms with Crippen molar-refractivity contribution < 1.29 is 4.74 Å². The molecule has 0 atom stereocenters. The molecule has 1 aromatic rings. The summed E-state index contributed by atoms with van der Waals surface area (Å²) in [6, 6.07) is 0.844. The number of anilines is 2. The number of aryl methyl sites for hydroxylation is 1. The molecule has 0 bridgehead atoms. The average molecular weight is 332 g/mol. The van der Waals surface area contributed by atoms with Crippen molar-refractivity contribution in [2.24, 2.45) is 0 Å². The summed E-state index contributed by atoms with van der Waals surface area (Å²) < 4.78 is 5.62. The number of aromatic nitrogens is 3. The van der Waals surface area contributed by atoms with Gasteiger partial charge in [0.05, 0.1) is 18.8 Å². The van der Waals surface area contributed by atoms with E-state index in [1.807, 2.05) is 6.92 Å². The van der Waals surface area contributed by atoms with E-state index in [0.717, 1.165) is 63.1 Å². The van der Waals surface area contributed by atoms with Crippen LogP contribution in [0.15, 0.2) is 0 Å². The molecule has 1 aliphatic carbocycles. The minimum atomic E-state index is -0.0893. The van der Waals surface area contributed by atoms with E-state index < -0.39 is 0 Å². The van der Waals surface area contributed by atoms with Gasteiger partial charge in [-0.2, -0.15) is 15.0 Å². The van der Waals surface area contributed by atoms with Crippen LogP contribution >= 0.6 is 0 Å². The molecule has 3 fully saturated rings. The zero-order chi connectivity index (χ0) is 16.7. The second-order valence-corrected chi connectivity index (χ2v) is 7.75. The predicted molar refractivity (Wildman–Crippen MR) is 93.6 cm³/mol. The average Bonchev–Trinajstić information content (AvgIpc) is 3.39. The molecule has 1 aromatic heterocycles. The third kappa shape index (κ3) is 3.19. The van der Waals surface area contributed by atoms with E-state index in [2.05, 4.69) is 38.5 Å². The van der Waals surface area contributed by atoms with Gasteiger partial charge in [0.1, 0.15) is 5.82 Å². The van der Waals surface area contributed by atoms with Crippen molar-refractivity contribution in [1.29, 1.82) is 0 Å². The topological polar surface area (TPSA) is 57.6 Å². The van der Waals surface area contributed by atoms with Gasteiger partial charge >= 0.3 is 0 Å². The van der Waals surface area contributed by atoms with Gasteiger partial charge in [-0.15, -0.1) is 0 Å². The number of hydrogen-bond donors (Lipinski definition) is 0. The van der Waals surface area contributed by atoms with E-state index in [1.165, 1.54) is 12.8 Å². The van der Waals surface area contributed by atoms with Crippen LogP contribution in [0, 0.1) is 6.92 Å². The number of nitrogens with zero attached hydrogens (tertiary/aromatic N) is 6. The Morgan fingerprint density at radius 3 is 2.33 bits per heavy atom. The van der Waals surface area contributed by atoms with Crippen LogP contribution in [0.5, 0.6) is 0 Å². The van der Waals surface area contributed by atoms with Crippen LogP contribution in [-0.2, 0) is 4.74 Å². The van der Waals surface area contributed by atoms with Crippen LogP contribution < -0.4 is 9.80 Å². The lowest BCUT2D eigenvalue weighted by Gasteiger charge is -2.42. The van der Waals surface area contributed by atoms with Gasteiger partial charge in [-0.1, -0.05) is 0 Å². The fourth-order valence-corrected chi connectivity index (χ4v) is 3.67. The lowest BCUT2D eigenvalue weighted by atomic mass is 10.0. The van der Waals surface area contributed by atoms with Crippen molar-refractivity contribution in [2.45, 2.75) is 45.2 Å². The highest BCUT2D eigenvalue weighted by molar-refractivity contribution is 5.42. The Hall–Kier alpha value is -1.47. The van der Waals surface area contributed by atoms with Crippen molar-refractivity contribution in [3.63, 3.8) is 0 Å². The van der Waals surface area contributed by atoms with Gasteiger partial charge in [0.2, 0.25) is 11.9 Å². The molecule has 3 heterocycles. The molecule has 0 amide bonds. The van der Waals surface area contributed by atoms with Crippen LogP contribution in [0.1, 0.15) is 32.5 Å². The third-order valence-corrected chi connectivity index (χ3v) is 5.27. The van der Waals surface area contributed by atoms with E-state index in [4.69, 9.17) is 9.72 Å². The van der Waals surface area contributed by atoms with Crippen molar-refractivity contribution >= 4 is 11.9 Å². The number of piperazine rings is 1. The second kappa shape index (κ2) is 6.11. The lowest BCUT2D eigenvalue weighted by Crippen LogP contribution is -2.54. The highest BCUT2D eigenvalue weighted by atomic mass is 16.5. The molecule has 4 rings (SSSR count). The van der Waals surface area contributed by atoms with Crippen LogP contribution in [-0.4, -0.2) is 77.4 Å². The molecule has 0 N–H and O–H groups in total. The Bertz CT molecular complexity index is 595. The second-order valence-electron chi connectivity index (χ2n) is 7.75.